The summed E-state index contributed by atoms with van der Waals surface area (Å²) in [6.07, 6.45) is -0.920. The molecule has 2 aliphatic carbocycles. The van der Waals surface area contributed by atoms with Crippen LogP contribution in [-0.4, -0.2) is 224 Å². The standard InChI is InChI=1S/C41H42F6O10S2.C27H18F6O2S2.C18H30O9S/c1-25-31(21-33(58-25)27-5-9-29(10-6-27)56-19-17-52-13-15-54-23-35(48)50-3)37-38(40(44,45)41(46,47)39(37,42)43)32-22-34(59-26(32)2)28-7-11-30(12-8-28)57-20-18-53-14-16-55-24-36(49)51-4;1-13-19(11-21(36-13)15-3-7-17(34)8-4-15)23-24(26(30,31)27(32,33)25(23,28)29)20-12-22(37-14(20)2)16-5-9-18(35)10-6-16;1-16-3-5-17(6-4-16)28(20,21)27-14-13-25-10-9-23-7-8-24-11-12-26-15-18(19)22-2/h5-12,21-22H,13-20,23-24H2,1-4H3;3-12,34-35H,1-2H3;3-6,18-19H,7-15H2,1-2H3/t;;18-/m..1/s1. The Morgan fingerprint density at radius 1 is 0.363 bits per heavy atom. The average molecular weight is 1850 g/mol. The van der Waals surface area contributed by atoms with E-state index in [0.717, 1.165) is 50.9 Å². The second kappa shape index (κ2) is 44.6. The van der Waals surface area contributed by atoms with Gasteiger partial charge in [0.2, 0.25) is 0 Å². The first kappa shape index (κ1) is 99.0. The predicted octanol–water partition coefficient (Wildman–Crippen LogP) is 18.5. The predicted molar refractivity (Wildman–Crippen MR) is 444 cm³/mol. The zero-order valence-corrected chi connectivity index (χ0v) is 72.2. The van der Waals surface area contributed by atoms with Crippen molar-refractivity contribution in [1.82, 2.24) is 0 Å². The second-order valence-corrected chi connectivity index (χ2v) is 33.9. The smallest absolute Gasteiger partial charge is 0.380 e. The molecule has 3 N–H and O–H groups in total. The number of hydrogen-bond acceptors (Lipinski definition) is 25. The van der Waals surface area contributed by atoms with Crippen molar-refractivity contribution >= 4 is 89.7 Å². The van der Waals surface area contributed by atoms with E-state index in [1.165, 1.54) is 134 Å². The van der Waals surface area contributed by atoms with Gasteiger partial charge in [0.25, 0.3) is 10.1 Å². The van der Waals surface area contributed by atoms with Crippen molar-refractivity contribution in [3.8, 4) is 64.8 Å². The number of halogens is 12. The Morgan fingerprint density at radius 2 is 0.629 bits per heavy atom. The lowest BCUT2D eigenvalue weighted by atomic mass is 9.94. The number of rotatable bonds is 43. The van der Waals surface area contributed by atoms with E-state index in [4.69, 9.17) is 56.7 Å². The molecule has 38 heteroatoms. The molecule has 0 saturated heterocycles. The number of thiophene rings is 4. The zero-order valence-electron chi connectivity index (χ0n) is 68.1. The van der Waals surface area contributed by atoms with Crippen LogP contribution < -0.4 is 9.47 Å². The molecule has 0 amide bonds. The van der Waals surface area contributed by atoms with Crippen LogP contribution in [0.3, 0.4) is 0 Å². The summed E-state index contributed by atoms with van der Waals surface area (Å²) in [5.41, 5.74) is -4.04. The molecule has 124 heavy (non-hydrogen) atoms. The first-order valence-corrected chi connectivity index (χ1v) is 42.7. The van der Waals surface area contributed by atoms with Gasteiger partial charge in [-0.25, -0.2) is 9.59 Å². The fourth-order valence-electron chi connectivity index (χ4n) is 12.2. The lowest BCUT2D eigenvalue weighted by Gasteiger charge is -2.25. The van der Waals surface area contributed by atoms with Gasteiger partial charge < -0.3 is 76.9 Å². The number of alkyl halides is 12. The maximum absolute atomic E-state index is 15.8. The van der Waals surface area contributed by atoms with Gasteiger partial charge in [-0.3, -0.25) is 4.18 Å². The zero-order chi connectivity index (χ0) is 90.4. The van der Waals surface area contributed by atoms with Crippen LogP contribution >= 0.6 is 45.3 Å². The fraction of sp³-hybridized carbons (Fsp3) is 0.395. The molecule has 0 spiro atoms. The average Bonchev–Trinajstić information content (AvgIpc) is 1.53. The highest BCUT2D eigenvalue weighted by atomic mass is 32.2. The van der Waals surface area contributed by atoms with Crippen LogP contribution in [0.2, 0.25) is 0 Å². The first-order chi connectivity index (χ1) is 58.8. The van der Waals surface area contributed by atoms with Crippen LogP contribution in [0.5, 0.6) is 23.0 Å². The topological polar surface area (TPSA) is 258 Å². The summed E-state index contributed by atoms with van der Waals surface area (Å²) in [7, 11) is 0.148. The van der Waals surface area contributed by atoms with Crippen molar-refractivity contribution in [3.05, 3.63) is 193 Å². The summed E-state index contributed by atoms with van der Waals surface area (Å²) < 4.78 is 280. The Bertz CT molecular complexity index is 4890. The number of aromatic hydroxyl groups is 2. The number of carbonyl (C=O) groups excluding carboxylic acids is 2. The van der Waals surface area contributed by atoms with Gasteiger partial charge in [-0.15, -0.1) is 45.3 Å². The number of esters is 2. The number of aliphatic hydroxyl groups excluding tert-OH is 1. The first-order valence-electron chi connectivity index (χ1n) is 38.0. The molecule has 674 valence electrons. The summed E-state index contributed by atoms with van der Waals surface area (Å²) in [5.74, 6) is -32.2. The van der Waals surface area contributed by atoms with E-state index < -0.39 is 86.2 Å². The van der Waals surface area contributed by atoms with Crippen LogP contribution in [0.25, 0.3) is 64.1 Å². The third-order valence-corrected chi connectivity index (χ3v) is 24.4. The van der Waals surface area contributed by atoms with Gasteiger partial charge in [0.1, 0.15) is 49.4 Å². The number of aliphatic hydroxyl groups is 1. The number of hydrogen-bond donors (Lipinski definition) is 3. The quantitative estimate of drug-likeness (QED) is 0.0105. The summed E-state index contributed by atoms with van der Waals surface area (Å²) in [6, 6.07) is 36.0. The molecular weight excluding hydrogens is 1760 g/mol. The van der Waals surface area contributed by atoms with E-state index >= 15 is 43.9 Å². The van der Waals surface area contributed by atoms with Gasteiger partial charge in [0.15, 0.2) is 6.29 Å². The van der Waals surface area contributed by atoms with Crippen LogP contribution in [0.4, 0.5) is 52.7 Å². The molecule has 4 heterocycles. The molecule has 2 aliphatic rings. The summed E-state index contributed by atoms with van der Waals surface area (Å²) in [5, 5.41) is 28.1. The maximum Gasteiger partial charge on any atom is 0.380 e. The van der Waals surface area contributed by atoms with E-state index in [0.29, 0.717) is 92.9 Å². The minimum atomic E-state index is -5.70. The van der Waals surface area contributed by atoms with Crippen molar-refractivity contribution in [2.24, 2.45) is 0 Å². The Balaban J connectivity index is 0.000000229. The summed E-state index contributed by atoms with van der Waals surface area (Å²) in [6.45, 7) is 11.3. The Kier molecular flexibility index (Phi) is 35.6. The molecule has 0 aliphatic heterocycles. The van der Waals surface area contributed by atoms with Crippen molar-refractivity contribution < 1.29 is 152 Å². The van der Waals surface area contributed by atoms with Gasteiger partial charge >= 0.3 is 47.5 Å². The monoisotopic (exact) mass is 1850 g/mol. The summed E-state index contributed by atoms with van der Waals surface area (Å²) >= 11 is 4.04. The van der Waals surface area contributed by atoms with Crippen molar-refractivity contribution in [2.75, 3.05) is 147 Å². The number of aryl methyl sites for hydroxylation is 5. The molecule has 0 fully saturated rings. The highest BCUT2D eigenvalue weighted by Gasteiger charge is 2.82. The highest BCUT2D eigenvalue weighted by molar-refractivity contribution is 7.86. The SMILES string of the molecule is COC(=O)COCCOCCOc1ccc(-c2cc(C3=C(c4cc(-c5ccc(OCCOCCOCC(=O)OC)cc5)sc4C)C(F)(F)C(F)(F)C3(F)F)c(C)s2)cc1.CO[C@@H](O)COCCOCCOCCOCCOS(=O)(=O)c1ccc(C)cc1.Cc1sc(-c2ccc(O)cc2)cc1C1=C(c2cc(-c3ccc(O)cc3)sc2C)C(F)(F)C(F)(F)C1(F)F. The molecule has 0 unspecified atom stereocenters. The Labute approximate surface area is 723 Å². The van der Waals surface area contributed by atoms with Gasteiger partial charge in [-0.05, 0) is 213 Å². The van der Waals surface area contributed by atoms with E-state index in [2.05, 4.69) is 14.2 Å². The van der Waals surface area contributed by atoms with Gasteiger partial charge in [-0.1, -0.05) is 17.7 Å². The largest absolute Gasteiger partial charge is 0.508 e. The molecular formula is C86H90F12O21S5. The van der Waals surface area contributed by atoms with E-state index in [-0.39, 0.29) is 144 Å². The molecule has 0 radical (unpaired) electrons. The second-order valence-electron chi connectivity index (χ2n) is 27.3. The van der Waals surface area contributed by atoms with Crippen molar-refractivity contribution in [3.63, 3.8) is 0 Å². The molecule has 0 bridgehead atoms. The van der Waals surface area contributed by atoms with Crippen molar-refractivity contribution in [2.45, 2.75) is 81.3 Å². The summed E-state index contributed by atoms with van der Waals surface area (Å²) in [4.78, 5) is 24.5. The molecule has 0 saturated carbocycles. The molecule has 5 aromatic carbocycles. The molecule has 21 nitrogen and oxygen atoms in total. The molecule has 11 rings (SSSR count). The third-order valence-electron chi connectivity index (χ3n) is 18.7. The Hall–Kier alpha value is -8.81. The fourth-order valence-corrected chi connectivity index (χ4v) is 17.3. The molecule has 4 aromatic heterocycles. The number of carbonyl (C=O) groups is 2. The van der Waals surface area contributed by atoms with Crippen LogP contribution in [0, 0.1) is 34.6 Å². The number of ether oxygens (including phenoxy) is 13. The minimum absolute atomic E-state index is 0.0266. The minimum Gasteiger partial charge on any atom is -0.508 e. The molecule has 1 atom stereocenters. The van der Waals surface area contributed by atoms with E-state index in [9.17, 15) is 37.0 Å². The number of allylic oxidation sites excluding steroid dienone is 4. The number of benzene rings is 5. The number of phenolic OH excluding ortho intramolecular Hbond substituents is 2. The van der Waals surface area contributed by atoms with E-state index in [1.807, 2.05) is 6.92 Å². The lowest BCUT2D eigenvalue weighted by Crippen LogP contribution is -2.48. The Morgan fingerprint density at radius 3 is 0.919 bits per heavy atom. The maximum atomic E-state index is 15.8. The van der Waals surface area contributed by atoms with Crippen LogP contribution in [0.15, 0.2) is 150 Å². The van der Waals surface area contributed by atoms with Gasteiger partial charge in [-0.2, -0.15) is 61.1 Å². The van der Waals surface area contributed by atoms with Crippen LogP contribution in [-0.2, 0) is 76.0 Å². The normalized spacial score (nSPS) is 15.6. The third kappa shape index (κ3) is 24.5. The van der Waals surface area contributed by atoms with Crippen LogP contribution in [0.1, 0.15) is 47.3 Å². The number of phenols is 2. The molecule has 9 aromatic rings. The van der Waals surface area contributed by atoms with Crippen molar-refractivity contribution in [1.29, 1.82) is 0 Å². The highest BCUT2D eigenvalue weighted by Crippen LogP contribution is 2.68. The van der Waals surface area contributed by atoms with E-state index in [1.54, 1.807) is 60.7 Å². The number of methoxy groups -OCH3 is 3. The van der Waals surface area contributed by atoms with Gasteiger partial charge in [0, 0.05) is 68.4 Å². The van der Waals surface area contributed by atoms with Gasteiger partial charge in [0.05, 0.1) is 118 Å². The lowest BCUT2D eigenvalue weighted by molar-refractivity contribution is -0.254.